The van der Waals surface area contributed by atoms with E-state index in [9.17, 15) is 4.79 Å². The van der Waals surface area contributed by atoms with Crippen LogP contribution in [0, 0.1) is 0 Å². The number of hydrogen-bond acceptors (Lipinski definition) is 8. The van der Waals surface area contributed by atoms with Gasteiger partial charge in [0.05, 0.1) is 35.1 Å². The standard InChI is InChI=1S/C30H29N7O2S/c1-2-27(38)36-12-10-35(11-13-36)21-8-6-20(7-9-21)26-18-25-28(40-26)30(37-14-16-39-17-15-37)33-29(32-25)22-4-3-5-24-23(22)19-31-34-24/h2-9,18-19H,1,10-17H2,(H,31,34). The SMILES string of the molecule is C=CC(=O)N1CCN(c2ccc(-c3cc4nc(-c5cccc6[nH]ncc56)nc(N5CCOCC5)c4s3)cc2)CC1. The molecule has 5 aromatic rings. The summed E-state index contributed by atoms with van der Waals surface area (Å²) in [7, 11) is 0. The predicted octanol–water partition coefficient (Wildman–Crippen LogP) is 4.57. The van der Waals surface area contributed by atoms with Crippen LogP contribution in [0.4, 0.5) is 11.5 Å². The third-order valence-electron chi connectivity index (χ3n) is 7.67. The number of hydrogen-bond donors (Lipinski definition) is 1. The number of fused-ring (bicyclic) bond motifs is 2. The molecule has 40 heavy (non-hydrogen) atoms. The van der Waals surface area contributed by atoms with E-state index >= 15 is 0 Å². The molecule has 2 aromatic carbocycles. The first kappa shape index (κ1) is 24.7. The smallest absolute Gasteiger partial charge is 0.246 e. The molecule has 2 aliphatic heterocycles. The summed E-state index contributed by atoms with van der Waals surface area (Å²) in [5, 5.41) is 8.29. The number of aromatic nitrogens is 4. The molecule has 1 N–H and O–H groups in total. The summed E-state index contributed by atoms with van der Waals surface area (Å²) in [4.78, 5) is 29.7. The number of amides is 1. The molecule has 2 aliphatic rings. The van der Waals surface area contributed by atoms with Crippen molar-refractivity contribution in [2.24, 2.45) is 0 Å². The van der Waals surface area contributed by atoms with Crippen LogP contribution in [0.2, 0.25) is 0 Å². The Kier molecular flexibility index (Phi) is 6.41. The highest BCUT2D eigenvalue weighted by atomic mass is 32.1. The Bertz CT molecular complexity index is 1700. The summed E-state index contributed by atoms with van der Waals surface area (Å²) in [6, 6.07) is 17.0. The minimum Gasteiger partial charge on any atom is -0.378 e. The van der Waals surface area contributed by atoms with Gasteiger partial charge in [0.1, 0.15) is 0 Å². The summed E-state index contributed by atoms with van der Waals surface area (Å²) in [5.41, 5.74) is 5.20. The number of rotatable bonds is 5. The number of ether oxygens (including phenoxy) is 1. The summed E-state index contributed by atoms with van der Waals surface area (Å²) in [6.07, 6.45) is 3.23. The van der Waals surface area contributed by atoms with Gasteiger partial charge in [-0.3, -0.25) is 9.89 Å². The second kappa shape index (κ2) is 10.4. The van der Waals surface area contributed by atoms with Crippen molar-refractivity contribution in [3.8, 4) is 21.8 Å². The van der Waals surface area contributed by atoms with Crippen molar-refractivity contribution in [2.45, 2.75) is 0 Å². The minimum atomic E-state index is 0.00362. The molecule has 9 nitrogen and oxygen atoms in total. The number of aromatic amines is 1. The number of H-pyrrole nitrogens is 1. The lowest BCUT2D eigenvalue weighted by atomic mass is 10.1. The van der Waals surface area contributed by atoms with E-state index in [4.69, 9.17) is 14.7 Å². The fourth-order valence-corrected chi connectivity index (χ4v) is 6.60. The summed E-state index contributed by atoms with van der Waals surface area (Å²) in [6.45, 7) is 9.62. The third kappa shape index (κ3) is 4.48. The van der Waals surface area contributed by atoms with E-state index in [1.165, 1.54) is 11.8 Å². The number of morpholine rings is 1. The number of nitrogens with zero attached hydrogens (tertiary/aromatic N) is 6. The topological polar surface area (TPSA) is 90.5 Å². The van der Waals surface area contributed by atoms with Crippen LogP contribution in [0.3, 0.4) is 0 Å². The van der Waals surface area contributed by atoms with E-state index in [1.54, 1.807) is 11.3 Å². The second-order valence-electron chi connectivity index (χ2n) is 10.00. The van der Waals surface area contributed by atoms with Crippen molar-refractivity contribution in [3.05, 3.63) is 67.4 Å². The van der Waals surface area contributed by atoms with Crippen LogP contribution in [-0.2, 0) is 9.53 Å². The molecule has 10 heteroatoms. The fraction of sp³-hybridized carbons (Fsp3) is 0.267. The van der Waals surface area contributed by atoms with Crippen molar-refractivity contribution >= 4 is 49.9 Å². The zero-order valence-corrected chi connectivity index (χ0v) is 22.9. The van der Waals surface area contributed by atoms with Gasteiger partial charge in [-0.1, -0.05) is 30.8 Å². The van der Waals surface area contributed by atoms with E-state index in [1.807, 2.05) is 23.2 Å². The first-order valence-electron chi connectivity index (χ1n) is 13.5. The van der Waals surface area contributed by atoms with Crippen molar-refractivity contribution in [3.63, 3.8) is 0 Å². The lowest BCUT2D eigenvalue weighted by Crippen LogP contribution is -2.48. The van der Waals surface area contributed by atoms with Crippen molar-refractivity contribution < 1.29 is 9.53 Å². The first-order chi connectivity index (χ1) is 19.7. The average Bonchev–Trinajstić information content (AvgIpc) is 3.68. The molecule has 5 heterocycles. The normalized spacial score (nSPS) is 16.1. The number of carbonyl (C=O) groups excluding carboxylic acids is 1. The number of nitrogens with one attached hydrogen (secondary N) is 1. The number of thiophene rings is 1. The third-order valence-corrected chi connectivity index (χ3v) is 8.84. The zero-order valence-electron chi connectivity index (χ0n) is 22.0. The summed E-state index contributed by atoms with van der Waals surface area (Å²) < 4.78 is 6.72. The van der Waals surface area contributed by atoms with Gasteiger partial charge < -0.3 is 19.4 Å². The van der Waals surface area contributed by atoms with Crippen molar-refractivity contribution in [1.82, 2.24) is 25.1 Å². The molecule has 2 fully saturated rings. The number of piperazine rings is 1. The molecule has 202 valence electrons. The van der Waals surface area contributed by atoms with Gasteiger partial charge in [-0.05, 0) is 35.9 Å². The molecule has 2 saturated heterocycles. The van der Waals surface area contributed by atoms with Crippen LogP contribution in [0.5, 0.6) is 0 Å². The van der Waals surface area contributed by atoms with E-state index in [2.05, 4.69) is 63.0 Å². The highest BCUT2D eigenvalue weighted by Gasteiger charge is 2.22. The Labute approximate surface area is 235 Å². The van der Waals surface area contributed by atoms with Gasteiger partial charge in [0.2, 0.25) is 5.91 Å². The summed E-state index contributed by atoms with van der Waals surface area (Å²) in [5.74, 6) is 1.67. The molecule has 0 unspecified atom stereocenters. The Morgan fingerprint density at radius 3 is 2.55 bits per heavy atom. The minimum absolute atomic E-state index is 0.00362. The Balaban J connectivity index is 1.23. The first-order valence-corrected chi connectivity index (χ1v) is 14.3. The van der Waals surface area contributed by atoms with Crippen LogP contribution >= 0.6 is 11.3 Å². The van der Waals surface area contributed by atoms with E-state index < -0.39 is 0 Å². The van der Waals surface area contributed by atoms with E-state index in [-0.39, 0.29) is 5.91 Å². The molecule has 0 spiro atoms. The molecule has 0 bridgehead atoms. The fourth-order valence-electron chi connectivity index (χ4n) is 5.48. The van der Waals surface area contributed by atoms with Crippen LogP contribution in [0.25, 0.3) is 42.9 Å². The molecular formula is C30H29N7O2S. The Morgan fingerprint density at radius 2 is 1.77 bits per heavy atom. The molecule has 7 rings (SSSR count). The highest BCUT2D eigenvalue weighted by Crippen LogP contribution is 2.40. The van der Waals surface area contributed by atoms with Crippen LogP contribution in [-0.4, -0.2) is 83.5 Å². The lowest BCUT2D eigenvalue weighted by Gasteiger charge is -2.35. The van der Waals surface area contributed by atoms with Gasteiger partial charge >= 0.3 is 0 Å². The van der Waals surface area contributed by atoms with Crippen molar-refractivity contribution in [2.75, 3.05) is 62.3 Å². The van der Waals surface area contributed by atoms with Gasteiger partial charge in [0.25, 0.3) is 0 Å². The molecule has 0 radical (unpaired) electrons. The Hall–Kier alpha value is -4.28. The molecule has 0 saturated carbocycles. The zero-order chi connectivity index (χ0) is 27.1. The number of carbonyl (C=O) groups is 1. The molecular weight excluding hydrogens is 522 g/mol. The highest BCUT2D eigenvalue weighted by molar-refractivity contribution is 7.22. The second-order valence-corrected chi connectivity index (χ2v) is 11.0. The maximum absolute atomic E-state index is 11.9. The van der Waals surface area contributed by atoms with Gasteiger partial charge in [0.15, 0.2) is 11.6 Å². The van der Waals surface area contributed by atoms with Gasteiger partial charge in [-0.15, -0.1) is 11.3 Å². The molecule has 0 atom stereocenters. The monoisotopic (exact) mass is 551 g/mol. The van der Waals surface area contributed by atoms with Gasteiger partial charge in [0, 0.05) is 60.8 Å². The average molecular weight is 552 g/mol. The predicted molar refractivity (Wildman–Crippen MR) is 160 cm³/mol. The number of anilines is 2. The van der Waals surface area contributed by atoms with Crippen LogP contribution in [0.1, 0.15) is 0 Å². The quantitative estimate of drug-likeness (QED) is 0.320. The van der Waals surface area contributed by atoms with Crippen LogP contribution in [0.15, 0.2) is 67.4 Å². The Morgan fingerprint density at radius 1 is 0.975 bits per heavy atom. The van der Waals surface area contributed by atoms with Crippen LogP contribution < -0.4 is 9.80 Å². The molecule has 0 aliphatic carbocycles. The maximum atomic E-state index is 11.9. The summed E-state index contributed by atoms with van der Waals surface area (Å²) >= 11 is 1.73. The molecule has 3 aromatic heterocycles. The number of benzene rings is 2. The van der Waals surface area contributed by atoms with E-state index in [0.29, 0.717) is 32.1 Å². The van der Waals surface area contributed by atoms with Gasteiger partial charge in [-0.2, -0.15) is 5.10 Å². The largest absolute Gasteiger partial charge is 0.378 e. The lowest BCUT2D eigenvalue weighted by molar-refractivity contribution is -0.126. The van der Waals surface area contributed by atoms with Gasteiger partial charge in [-0.25, -0.2) is 9.97 Å². The van der Waals surface area contributed by atoms with Crippen molar-refractivity contribution in [1.29, 1.82) is 0 Å². The maximum Gasteiger partial charge on any atom is 0.246 e. The molecule has 1 amide bonds. The van der Waals surface area contributed by atoms with E-state index in [0.717, 1.165) is 69.1 Å².